The van der Waals surface area contributed by atoms with Crippen molar-refractivity contribution in [3.63, 3.8) is 0 Å². The van der Waals surface area contributed by atoms with Gasteiger partial charge in [0.25, 0.3) is 0 Å². The summed E-state index contributed by atoms with van der Waals surface area (Å²) < 4.78 is 56.5. The SMILES string of the molecule is [2H]C([2H])([2H])c1cc2c(nc1C([2H])([2H])[2H])oc1c(-c3nc4ccc5ncccc5c4n3-c3ccccc3-c3ccccc3)cccc12. The quantitative estimate of drug-likeness (QED) is 0.233. The number of aromatic nitrogens is 4. The van der Waals surface area contributed by atoms with Crippen LogP contribution < -0.4 is 0 Å². The van der Waals surface area contributed by atoms with Gasteiger partial charge < -0.3 is 4.42 Å². The standard InChI is InChI=1S/C35H24N4O/c1-21-20-28-25-13-8-14-27(33(25)40-35(28)37-22(21)2)34-38-30-18-17-29-26(15-9-19-36-29)32(30)39(34)31-16-7-6-12-24(31)23-10-4-3-5-11-23/h3-20H,1-2H3/i1D3,2D3. The molecule has 0 spiro atoms. The number of hydrogen-bond donors (Lipinski definition) is 0. The molecule has 0 aliphatic carbocycles. The molecule has 5 nitrogen and oxygen atoms in total. The second kappa shape index (κ2) is 8.61. The number of fused-ring (bicyclic) bond motifs is 6. The van der Waals surface area contributed by atoms with Crippen LogP contribution in [0.5, 0.6) is 0 Å². The maximum Gasteiger partial charge on any atom is 0.227 e. The number of rotatable bonds is 3. The summed E-state index contributed by atoms with van der Waals surface area (Å²) in [5.41, 5.74) is 5.63. The molecule has 4 heterocycles. The van der Waals surface area contributed by atoms with E-state index in [-0.39, 0.29) is 11.3 Å². The highest BCUT2D eigenvalue weighted by atomic mass is 16.3. The van der Waals surface area contributed by atoms with Crippen molar-refractivity contribution >= 4 is 44.0 Å². The topological polar surface area (TPSA) is 56.7 Å². The van der Waals surface area contributed by atoms with E-state index in [2.05, 4.69) is 32.7 Å². The molecule has 0 aliphatic heterocycles. The number of nitrogens with zero attached hydrogens (tertiary/aromatic N) is 4. The van der Waals surface area contributed by atoms with Gasteiger partial charge in [-0.1, -0.05) is 60.7 Å². The van der Waals surface area contributed by atoms with Gasteiger partial charge in [-0.05, 0) is 67.3 Å². The molecule has 0 radical (unpaired) electrons. The maximum absolute atomic E-state index is 8.04. The lowest BCUT2D eigenvalue weighted by molar-refractivity contribution is 0.652. The fourth-order valence-corrected chi connectivity index (χ4v) is 5.57. The summed E-state index contributed by atoms with van der Waals surface area (Å²) in [5.74, 6) is 0.589. The molecule has 40 heavy (non-hydrogen) atoms. The lowest BCUT2D eigenvalue weighted by atomic mass is 10.0. The first-order chi connectivity index (χ1) is 22.1. The summed E-state index contributed by atoms with van der Waals surface area (Å²) in [7, 11) is 0. The first-order valence-corrected chi connectivity index (χ1v) is 12.9. The van der Waals surface area contributed by atoms with Gasteiger partial charge in [0.15, 0.2) is 0 Å². The van der Waals surface area contributed by atoms with Gasteiger partial charge in [0, 0.05) is 41.8 Å². The Morgan fingerprint density at radius 3 is 2.42 bits per heavy atom. The normalized spacial score (nSPS) is 14.6. The van der Waals surface area contributed by atoms with Crippen LogP contribution in [0.25, 0.3) is 72.2 Å². The van der Waals surface area contributed by atoms with Crippen LogP contribution in [0.15, 0.2) is 114 Å². The molecule has 0 unspecified atom stereocenters. The first-order valence-electron chi connectivity index (χ1n) is 15.9. The molecule has 0 atom stereocenters. The Balaban J connectivity index is 1.49. The number of aryl methyl sites for hydroxylation is 2. The molecule has 0 bridgehead atoms. The van der Waals surface area contributed by atoms with Crippen LogP contribution in [0.1, 0.15) is 19.5 Å². The van der Waals surface area contributed by atoms with E-state index in [4.69, 9.17) is 17.6 Å². The average Bonchev–Trinajstić information content (AvgIpc) is 3.62. The Labute approximate surface area is 238 Å². The van der Waals surface area contributed by atoms with Crippen LogP contribution in [-0.4, -0.2) is 19.5 Å². The summed E-state index contributed by atoms with van der Waals surface area (Å²) in [6.45, 7) is -5.43. The van der Waals surface area contributed by atoms with Crippen LogP contribution in [-0.2, 0) is 0 Å². The van der Waals surface area contributed by atoms with Crippen LogP contribution >= 0.6 is 0 Å². The predicted octanol–water partition coefficient (Wildman–Crippen LogP) is 8.82. The summed E-state index contributed by atoms with van der Waals surface area (Å²) in [6.07, 6.45) is 1.76. The Morgan fingerprint density at radius 1 is 0.700 bits per heavy atom. The molecular weight excluding hydrogens is 492 g/mol. The van der Waals surface area contributed by atoms with Gasteiger partial charge >= 0.3 is 0 Å². The highest BCUT2D eigenvalue weighted by Gasteiger charge is 2.23. The zero-order chi connectivity index (χ0) is 31.8. The third-order valence-electron chi connectivity index (χ3n) is 7.36. The van der Waals surface area contributed by atoms with E-state index in [1.165, 1.54) is 6.07 Å². The first kappa shape index (κ1) is 17.3. The fourth-order valence-electron chi connectivity index (χ4n) is 5.57. The molecule has 0 saturated heterocycles. The molecule has 0 amide bonds. The van der Waals surface area contributed by atoms with Gasteiger partial charge in [-0.15, -0.1) is 0 Å². The zero-order valence-electron chi connectivity index (χ0n) is 27.1. The van der Waals surface area contributed by atoms with Gasteiger partial charge in [-0.25, -0.2) is 9.97 Å². The number of pyridine rings is 2. The van der Waals surface area contributed by atoms with Crippen molar-refractivity contribution in [2.24, 2.45) is 0 Å². The number of hydrogen-bond acceptors (Lipinski definition) is 4. The van der Waals surface area contributed by atoms with Crippen LogP contribution in [0.3, 0.4) is 0 Å². The second-order valence-electron chi connectivity index (χ2n) is 9.68. The van der Waals surface area contributed by atoms with E-state index in [9.17, 15) is 0 Å². The third kappa shape index (κ3) is 3.31. The van der Waals surface area contributed by atoms with E-state index < -0.39 is 19.4 Å². The van der Waals surface area contributed by atoms with Crippen molar-refractivity contribution in [1.82, 2.24) is 19.5 Å². The number of imidazole rings is 1. The second-order valence-corrected chi connectivity index (χ2v) is 9.68. The van der Waals surface area contributed by atoms with E-state index in [0.29, 0.717) is 27.7 Å². The predicted molar refractivity (Wildman–Crippen MR) is 162 cm³/mol. The summed E-state index contributed by atoms with van der Waals surface area (Å²) in [5, 5.41) is 1.94. The molecule has 0 saturated carbocycles. The van der Waals surface area contributed by atoms with Gasteiger partial charge in [0.2, 0.25) is 5.71 Å². The third-order valence-corrected chi connectivity index (χ3v) is 7.36. The number of benzene rings is 4. The van der Waals surface area contributed by atoms with E-state index in [1.54, 1.807) is 6.20 Å². The highest BCUT2D eigenvalue weighted by molar-refractivity contribution is 6.10. The van der Waals surface area contributed by atoms with Crippen molar-refractivity contribution in [3.05, 3.63) is 121 Å². The van der Waals surface area contributed by atoms with E-state index in [1.807, 2.05) is 78.9 Å². The Hall–Kier alpha value is -5.29. The minimum atomic E-state index is -2.75. The molecule has 8 aromatic rings. The summed E-state index contributed by atoms with van der Waals surface area (Å²) >= 11 is 0. The van der Waals surface area contributed by atoms with Gasteiger partial charge in [0.05, 0.1) is 27.8 Å². The van der Waals surface area contributed by atoms with Gasteiger partial charge in [-0.2, -0.15) is 0 Å². The minimum absolute atomic E-state index is 0.0450. The molecule has 0 fully saturated rings. The number of furan rings is 1. The molecule has 0 N–H and O–H groups in total. The molecule has 8 rings (SSSR count). The minimum Gasteiger partial charge on any atom is -0.437 e. The van der Waals surface area contributed by atoms with E-state index >= 15 is 0 Å². The maximum atomic E-state index is 8.04. The molecule has 5 heteroatoms. The lowest BCUT2D eigenvalue weighted by Gasteiger charge is -2.16. The highest BCUT2D eigenvalue weighted by Crippen LogP contribution is 2.40. The summed E-state index contributed by atoms with van der Waals surface area (Å²) in [6, 6.07) is 33.0. The average molecular weight is 523 g/mol. The molecule has 0 aliphatic rings. The molecule has 190 valence electrons. The molecule has 4 aromatic carbocycles. The van der Waals surface area contributed by atoms with Crippen molar-refractivity contribution < 1.29 is 12.6 Å². The Bertz CT molecular complexity index is 2460. The monoisotopic (exact) mass is 522 g/mol. The largest absolute Gasteiger partial charge is 0.437 e. The lowest BCUT2D eigenvalue weighted by Crippen LogP contribution is -2.01. The van der Waals surface area contributed by atoms with Crippen LogP contribution in [0.4, 0.5) is 0 Å². The van der Waals surface area contributed by atoms with Crippen molar-refractivity contribution in [3.8, 4) is 28.2 Å². The number of para-hydroxylation sites is 2. The van der Waals surface area contributed by atoms with Crippen molar-refractivity contribution in [1.29, 1.82) is 0 Å². The van der Waals surface area contributed by atoms with Gasteiger partial charge in [-0.3, -0.25) is 9.55 Å². The van der Waals surface area contributed by atoms with Crippen molar-refractivity contribution in [2.45, 2.75) is 13.7 Å². The Morgan fingerprint density at radius 2 is 1.52 bits per heavy atom. The van der Waals surface area contributed by atoms with Crippen LogP contribution in [0.2, 0.25) is 0 Å². The zero-order valence-corrected chi connectivity index (χ0v) is 21.1. The Kier molecular flexibility index (Phi) is 3.73. The van der Waals surface area contributed by atoms with Gasteiger partial charge in [0.1, 0.15) is 11.4 Å². The molecule has 4 aromatic heterocycles. The molecular formula is C35H24N4O. The van der Waals surface area contributed by atoms with Crippen molar-refractivity contribution in [2.75, 3.05) is 0 Å². The van der Waals surface area contributed by atoms with Crippen LogP contribution in [0, 0.1) is 13.7 Å². The summed E-state index contributed by atoms with van der Waals surface area (Å²) in [4.78, 5) is 14.0. The van der Waals surface area contributed by atoms with E-state index in [0.717, 1.165) is 38.8 Å². The fraction of sp³-hybridized carbons (Fsp3) is 0.0571. The smallest absolute Gasteiger partial charge is 0.227 e.